The minimum absolute atomic E-state index is 0.0709. The summed E-state index contributed by atoms with van der Waals surface area (Å²) in [5, 5.41) is 3.28. The standard InChI is InChI=1S/C24H33N5O3/c1-15(2)22(30)28-11-9-19-18(14-28)24(32)29-21(25-19)12-20(26-29)17-8-5-10-27(13-17)23(31)16-6-3-4-7-16/h12,15-17,26H,3-11,13-14H2,1-2H3. The molecule has 8 nitrogen and oxygen atoms in total. The van der Waals surface area contributed by atoms with Gasteiger partial charge in [-0.1, -0.05) is 26.7 Å². The molecule has 8 heteroatoms. The third kappa shape index (κ3) is 3.73. The third-order valence-electron chi connectivity index (χ3n) is 7.46. The number of piperidine rings is 1. The Balaban J connectivity index is 1.39. The summed E-state index contributed by atoms with van der Waals surface area (Å²) in [6, 6.07) is 1.97. The molecule has 1 unspecified atom stereocenters. The van der Waals surface area contributed by atoms with E-state index >= 15 is 0 Å². The van der Waals surface area contributed by atoms with Crippen LogP contribution in [0, 0.1) is 11.8 Å². The van der Waals surface area contributed by atoms with E-state index in [-0.39, 0.29) is 29.2 Å². The van der Waals surface area contributed by atoms with Crippen LogP contribution in [0.3, 0.4) is 0 Å². The fourth-order valence-corrected chi connectivity index (χ4v) is 5.62. The van der Waals surface area contributed by atoms with E-state index < -0.39 is 0 Å². The van der Waals surface area contributed by atoms with E-state index in [2.05, 4.69) is 5.10 Å². The van der Waals surface area contributed by atoms with Crippen molar-refractivity contribution in [3.05, 3.63) is 33.4 Å². The fraction of sp³-hybridized carbons (Fsp3) is 0.667. The maximum atomic E-state index is 13.2. The average molecular weight is 440 g/mol. The van der Waals surface area contributed by atoms with Crippen molar-refractivity contribution < 1.29 is 9.59 Å². The monoisotopic (exact) mass is 439 g/mol. The number of aromatic nitrogens is 3. The highest BCUT2D eigenvalue weighted by Crippen LogP contribution is 2.31. The van der Waals surface area contributed by atoms with Gasteiger partial charge in [-0.3, -0.25) is 19.5 Å². The van der Waals surface area contributed by atoms with Crippen LogP contribution < -0.4 is 5.56 Å². The molecule has 1 atom stereocenters. The van der Waals surface area contributed by atoms with Crippen molar-refractivity contribution in [2.45, 2.75) is 71.3 Å². The first-order valence-corrected chi connectivity index (χ1v) is 12.1. The molecular weight excluding hydrogens is 406 g/mol. The van der Waals surface area contributed by atoms with Gasteiger partial charge in [-0.25, -0.2) is 9.50 Å². The molecule has 2 aromatic rings. The van der Waals surface area contributed by atoms with Gasteiger partial charge in [0, 0.05) is 55.6 Å². The van der Waals surface area contributed by atoms with Gasteiger partial charge in [0.1, 0.15) is 0 Å². The number of aromatic amines is 1. The highest BCUT2D eigenvalue weighted by Gasteiger charge is 2.32. The topological polar surface area (TPSA) is 90.8 Å². The number of fused-ring (bicyclic) bond motifs is 2. The van der Waals surface area contributed by atoms with Crippen LogP contribution in [0.4, 0.5) is 0 Å². The lowest BCUT2D eigenvalue weighted by molar-refractivity contribution is -0.137. The first-order chi connectivity index (χ1) is 15.4. The Morgan fingerprint density at radius 3 is 2.62 bits per heavy atom. The molecule has 0 bridgehead atoms. The Hall–Kier alpha value is -2.64. The second-order valence-electron chi connectivity index (χ2n) is 10.0. The van der Waals surface area contributed by atoms with Crippen LogP contribution in [0.15, 0.2) is 10.9 Å². The van der Waals surface area contributed by atoms with E-state index in [1.807, 2.05) is 24.8 Å². The minimum atomic E-state index is -0.118. The van der Waals surface area contributed by atoms with Crippen LogP contribution in [-0.4, -0.2) is 55.8 Å². The molecule has 172 valence electrons. The van der Waals surface area contributed by atoms with Gasteiger partial charge in [-0.15, -0.1) is 0 Å². The Morgan fingerprint density at radius 2 is 1.88 bits per heavy atom. The van der Waals surface area contributed by atoms with Crippen molar-refractivity contribution in [3.8, 4) is 0 Å². The van der Waals surface area contributed by atoms with E-state index in [0.29, 0.717) is 43.2 Å². The van der Waals surface area contributed by atoms with E-state index in [4.69, 9.17) is 4.98 Å². The lowest BCUT2D eigenvalue weighted by Crippen LogP contribution is -2.42. The average Bonchev–Trinajstić information content (AvgIpc) is 3.48. The molecule has 2 amide bonds. The van der Waals surface area contributed by atoms with Crippen LogP contribution in [-0.2, 0) is 22.6 Å². The number of hydrogen-bond acceptors (Lipinski definition) is 4. The van der Waals surface area contributed by atoms with Gasteiger partial charge in [-0.2, -0.15) is 0 Å². The van der Waals surface area contributed by atoms with Crippen LogP contribution in [0.2, 0.25) is 0 Å². The number of hydrogen-bond donors (Lipinski definition) is 1. The number of nitrogens with one attached hydrogen (secondary N) is 1. The second kappa shape index (κ2) is 8.37. The molecule has 0 aromatic carbocycles. The van der Waals surface area contributed by atoms with Gasteiger partial charge in [0.2, 0.25) is 11.8 Å². The number of amides is 2. The SMILES string of the molecule is CC(C)C(=O)N1CCc2nc3cc(C4CCCN(C(=O)C5CCCC5)C4)[nH]n3c(=O)c2C1. The highest BCUT2D eigenvalue weighted by atomic mass is 16.2. The number of likely N-dealkylation sites (tertiary alicyclic amines) is 1. The summed E-state index contributed by atoms with van der Waals surface area (Å²) in [6.45, 7) is 6.22. The number of carbonyl (C=O) groups excluding carboxylic acids is 2. The Labute approximate surface area is 188 Å². The van der Waals surface area contributed by atoms with Crippen molar-refractivity contribution in [2.24, 2.45) is 11.8 Å². The van der Waals surface area contributed by atoms with Gasteiger partial charge in [-0.05, 0) is 25.7 Å². The summed E-state index contributed by atoms with van der Waals surface area (Å²) < 4.78 is 1.52. The number of nitrogens with zero attached hydrogens (tertiary/aromatic N) is 4. The lowest BCUT2D eigenvalue weighted by atomic mass is 9.93. The Bertz CT molecular complexity index is 1090. The number of rotatable bonds is 3. The van der Waals surface area contributed by atoms with Gasteiger partial charge in [0.15, 0.2) is 5.65 Å². The number of carbonyl (C=O) groups is 2. The smallest absolute Gasteiger partial charge is 0.277 e. The van der Waals surface area contributed by atoms with Gasteiger partial charge >= 0.3 is 0 Å². The van der Waals surface area contributed by atoms with Crippen molar-refractivity contribution >= 4 is 17.5 Å². The molecule has 2 aromatic heterocycles. The molecular formula is C24H33N5O3. The van der Waals surface area contributed by atoms with E-state index in [9.17, 15) is 14.4 Å². The van der Waals surface area contributed by atoms with Gasteiger partial charge in [0.05, 0.1) is 17.8 Å². The van der Waals surface area contributed by atoms with Gasteiger partial charge in [0.25, 0.3) is 5.56 Å². The fourth-order valence-electron chi connectivity index (χ4n) is 5.62. The molecule has 3 aliphatic rings. The normalized spacial score (nSPS) is 22.0. The molecule has 5 rings (SSSR count). The molecule has 2 aliphatic heterocycles. The van der Waals surface area contributed by atoms with Crippen molar-refractivity contribution in [1.82, 2.24) is 24.4 Å². The molecule has 0 spiro atoms. The molecule has 4 heterocycles. The molecule has 1 aliphatic carbocycles. The summed E-state index contributed by atoms with van der Waals surface area (Å²) in [5.41, 5.74) is 2.89. The van der Waals surface area contributed by atoms with Crippen molar-refractivity contribution in [2.75, 3.05) is 19.6 Å². The maximum absolute atomic E-state index is 13.2. The van der Waals surface area contributed by atoms with Crippen molar-refractivity contribution in [3.63, 3.8) is 0 Å². The Kier molecular flexibility index (Phi) is 5.55. The lowest BCUT2D eigenvalue weighted by Gasteiger charge is -2.34. The predicted octanol–water partition coefficient (Wildman–Crippen LogP) is 2.46. The first kappa shape index (κ1) is 21.2. The van der Waals surface area contributed by atoms with E-state index in [1.165, 1.54) is 4.52 Å². The Morgan fingerprint density at radius 1 is 1.09 bits per heavy atom. The summed E-state index contributed by atoms with van der Waals surface area (Å²) >= 11 is 0. The molecule has 1 saturated carbocycles. The summed E-state index contributed by atoms with van der Waals surface area (Å²) in [5.74, 6) is 0.676. The second-order valence-corrected chi connectivity index (χ2v) is 10.0. The predicted molar refractivity (Wildman–Crippen MR) is 120 cm³/mol. The van der Waals surface area contributed by atoms with Crippen LogP contribution in [0.1, 0.15) is 75.2 Å². The quantitative estimate of drug-likeness (QED) is 0.795. The van der Waals surface area contributed by atoms with Crippen molar-refractivity contribution in [1.29, 1.82) is 0 Å². The van der Waals surface area contributed by atoms with E-state index in [1.54, 1.807) is 4.90 Å². The third-order valence-corrected chi connectivity index (χ3v) is 7.46. The zero-order valence-corrected chi connectivity index (χ0v) is 19.1. The first-order valence-electron chi connectivity index (χ1n) is 12.1. The summed E-state index contributed by atoms with van der Waals surface area (Å²) in [4.78, 5) is 47.2. The minimum Gasteiger partial charge on any atom is -0.342 e. The van der Waals surface area contributed by atoms with Crippen LogP contribution >= 0.6 is 0 Å². The molecule has 32 heavy (non-hydrogen) atoms. The molecule has 1 N–H and O–H groups in total. The largest absolute Gasteiger partial charge is 0.342 e. The van der Waals surface area contributed by atoms with Gasteiger partial charge < -0.3 is 9.80 Å². The molecule has 2 fully saturated rings. The molecule has 0 radical (unpaired) electrons. The zero-order valence-electron chi connectivity index (χ0n) is 19.1. The summed E-state index contributed by atoms with van der Waals surface area (Å²) in [7, 11) is 0. The van der Waals surface area contributed by atoms with Crippen LogP contribution in [0.25, 0.3) is 5.65 Å². The summed E-state index contributed by atoms with van der Waals surface area (Å²) in [6.07, 6.45) is 6.94. The van der Waals surface area contributed by atoms with Crippen LogP contribution in [0.5, 0.6) is 0 Å². The molecule has 1 saturated heterocycles. The zero-order chi connectivity index (χ0) is 22.4. The van der Waals surface area contributed by atoms with E-state index in [0.717, 1.165) is 56.5 Å². The highest BCUT2D eigenvalue weighted by molar-refractivity contribution is 5.79. The maximum Gasteiger partial charge on any atom is 0.277 e. The number of H-pyrrole nitrogens is 1.